The highest BCUT2D eigenvalue weighted by Gasteiger charge is 2.31. The van der Waals surface area contributed by atoms with Gasteiger partial charge in [-0.2, -0.15) is 0 Å². The maximum absolute atomic E-state index is 12.6. The van der Waals surface area contributed by atoms with Gasteiger partial charge in [-0.05, 0) is 55.0 Å². The van der Waals surface area contributed by atoms with E-state index in [0.717, 1.165) is 35.5 Å². The van der Waals surface area contributed by atoms with E-state index in [9.17, 15) is 4.79 Å². The second kappa shape index (κ2) is 8.44. The summed E-state index contributed by atoms with van der Waals surface area (Å²) in [5.74, 6) is 1.88. The van der Waals surface area contributed by atoms with Crippen molar-refractivity contribution in [3.05, 3.63) is 58.6 Å². The molecule has 4 nitrogen and oxygen atoms in total. The lowest BCUT2D eigenvalue weighted by molar-refractivity contribution is -0.128. The van der Waals surface area contributed by atoms with E-state index in [1.165, 1.54) is 12.8 Å². The largest absolute Gasteiger partial charge is 0.493 e. The zero-order valence-electron chi connectivity index (χ0n) is 16.2. The van der Waals surface area contributed by atoms with Gasteiger partial charge < -0.3 is 14.4 Å². The maximum atomic E-state index is 12.6. The standard InChI is InChI=1S/C23H26ClNO3/c1-27-21-11-10-16(12-22(21)28-19-7-3-4-8-19)18-13-23(26)25(15-18)14-17-6-2-5-9-20(17)24/h2,5-6,9-12,18-19H,3-4,7-8,13-15H2,1H3/t18-/m1/s1. The molecule has 148 valence electrons. The Morgan fingerprint density at radius 2 is 1.89 bits per heavy atom. The molecule has 0 N–H and O–H groups in total. The van der Waals surface area contributed by atoms with Gasteiger partial charge in [-0.25, -0.2) is 0 Å². The van der Waals surface area contributed by atoms with Crippen LogP contribution in [0.25, 0.3) is 0 Å². The molecule has 1 saturated carbocycles. The number of benzene rings is 2. The van der Waals surface area contributed by atoms with Crippen LogP contribution < -0.4 is 9.47 Å². The number of rotatable bonds is 6. The Hall–Kier alpha value is -2.20. The maximum Gasteiger partial charge on any atom is 0.223 e. The second-order valence-electron chi connectivity index (χ2n) is 7.70. The summed E-state index contributed by atoms with van der Waals surface area (Å²) in [7, 11) is 1.67. The molecule has 1 saturated heterocycles. The Labute approximate surface area is 171 Å². The summed E-state index contributed by atoms with van der Waals surface area (Å²) in [6.45, 7) is 1.25. The van der Waals surface area contributed by atoms with E-state index in [-0.39, 0.29) is 17.9 Å². The summed E-state index contributed by atoms with van der Waals surface area (Å²) >= 11 is 6.27. The number of hydrogen-bond donors (Lipinski definition) is 0. The van der Waals surface area contributed by atoms with Gasteiger partial charge in [0.2, 0.25) is 5.91 Å². The van der Waals surface area contributed by atoms with E-state index in [4.69, 9.17) is 21.1 Å². The first kappa shape index (κ1) is 19.1. The van der Waals surface area contributed by atoms with Crippen LogP contribution in [0.1, 0.15) is 49.1 Å². The third-order valence-corrected chi connectivity index (χ3v) is 6.16. The molecule has 1 aliphatic carbocycles. The number of carbonyl (C=O) groups excluding carboxylic acids is 1. The fraction of sp³-hybridized carbons (Fsp3) is 0.435. The number of likely N-dealkylation sites (tertiary alicyclic amines) is 1. The van der Waals surface area contributed by atoms with E-state index in [1.54, 1.807) is 7.11 Å². The second-order valence-corrected chi connectivity index (χ2v) is 8.11. The van der Waals surface area contributed by atoms with E-state index >= 15 is 0 Å². The van der Waals surface area contributed by atoms with Gasteiger partial charge in [-0.1, -0.05) is 35.9 Å². The van der Waals surface area contributed by atoms with Crippen LogP contribution in [0.15, 0.2) is 42.5 Å². The number of ether oxygens (including phenoxy) is 2. The minimum Gasteiger partial charge on any atom is -0.493 e. The molecule has 2 aromatic rings. The fourth-order valence-corrected chi connectivity index (χ4v) is 4.40. The van der Waals surface area contributed by atoms with Crippen molar-refractivity contribution in [2.45, 2.75) is 50.7 Å². The van der Waals surface area contributed by atoms with Crippen molar-refractivity contribution in [3.8, 4) is 11.5 Å². The fourth-order valence-electron chi connectivity index (χ4n) is 4.21. The molecule has 1 heterocycles. The van der Waals surface area contributed by atoms with Gasteiger partial charge in [0.15, 0.2) is 11.5 Å². The molecule has 1 amide bonds. The lowest BCUT2D eigenvalue weighted by Gasteiger charge is -2.19. The monoisotopic (exact) mass is 399 g/mol. The minimum absolute atomic E-state index is 0.159. The molecule has 0 radical (unpaired) electrons. The SMILES string of the molecule is COc1ccc([C@@H]2CC(=O)N(Cc3ccccc3Cl)C2)cc1OC1CCCC1. The highest BCUT2D eigenvalue weighted by atomic mass is 35.5. The van der Waals surface area contributed by atoms with Crippen LogP contribution in [-0.4, -0.2) is 30.6 Å². The van der Waals surface area contributed by atoms with Crippen molar-refractivity contribution in [2.75, 3.05) is 13.7 Å². The number of hydrogen-bond acceptors (Lipinski definition) is 3. The molecule has 0 unspecified atom stereocenters. The molecule has 28 heavy (non-hydrogen) atoms. The third kappa shape index (κ3) is 4.12. The van der Waals surface area contributed by atoms with Gasteiger partial charge in [0, 0.05) is 30.5 Å². The predicted molar refractivity (Wildman–Crippen MR) is 110 cm³/mol. The molecule has 0 aromatic heterocycles. The van der Waals surface area contributed by atoms with Gasteiger partial charge in [0.1, 0.15) is 0 Å². The van der Waals surface area contributed by atoms with Gasteiger partial charge in [-0.3, -0.25) is 4.79 Å². The Kier molecular flexibility index (Phi) is 5.77. The number of carbonyl (C=O) groups is 1. The van der Waals surface area contributed by atoms with E-state index in [2.05, 4.69) is 12.1 Å². The number of amides is 1. The summed E-state index contributed by atoms with van der Waals surface area (Å²) in [5.41, 5.74) is 2.11. The van der Waals surface area contributed by atoms with Crippen LogP contribution in [-0.2, 0) is 11.3 Å². The zero-order chi connectivity index (χ0) is 19.5. The third-order valence-electron chi connectivity index (χ3n) is 5.79. The van der Waals surface area contributed by atoms with Crippen molar-refractivity contribution < 1.29 is 14.3 Å². The molecule has 5 heteroatoms. The summed E-state index contributed by atoms with van der Waals surface area (Å²) in [5, 5.41) is 0.704. The molecule has 4 rings (SSSR count). The van der Waals surface area contributed by atoms with Crippen LogP contribution in [0.5, 0.6) is 11.5 Å². The first-order chi connectivity index (χ1) is 13.6. The van der Waals surface area contributed by atoms with Crippen molar-refractivity contribution in [3.63, 3.8) is 0 Å². The van der Waals surface area contributed by atoms with E-state index < -0.39 is 0 Å². The summed E-state index contributed by atoms with van der Waals surface area (Å²) in [4.78, 5) is 14.5. The van der Waals surface area contributed by atoms with Gasteiger partial charge in [-0.15, -0.1) is 0 Å². The van der Waals surface area contributed by atoms with Crippen molar-refractivity contribution >= 4 is 17.5 Å². The topological polar surface area (TPSA) is 38.8 Å². The molecule has 2 fully saturated rings. The average Bonchev–Trinajstić information content (AvgIpc) is 3.34. The molecule has 2 aliphatic rings. The van der Waals surface area contributed by atoms with Crippen LogP contribution in [0.2, 0.25) is 5.02 Å². The molecule has 2 aromatic carbocycles. The number of nitrogens with zero attached hydrogens (tertiary/aromatic N) is 1. The van der Waals surface area contributed by atoms with Crippen LogP contribution in [0.3, 0.4) is 0 Å². The van der Waals surface area contributed by atoms with E-state index in [1.807, 2.05) is 35.2 Å². The van der Waals surface area contributed by atoms with Crippen LogP contribution in [0.4, 0.5) is 0 Å². The van der Waals surface area contributed by atoms with Crippen molar-refractivity contribution in [2.24, 2.45) is 0 Å². The van der Waals surface area contributed by atoms with Crippen molar-refractivity contribution in [1.82, 2.24) is 4.90 Å². The number of halogens is 1. The molecular weight excluding hydrogens is 374 g/mol. The highest BCUT2D eigenvalue weighted by Crippen LogP contribution is 2.37. The Bertz CT molecular complexity index is 847. The van der Waals surface area contributed by atoms with Crippen LogP contribution >= 0.6 is 11.6 Å². The van der Waals surface area contributed by atoms with Crippen LogP contribution in [0, 0.1) is 0 Å². The van der Waals surface area contributed by atoms with Gasteiger partial charge in [0.05, 0.1) is 13.2 Å². The molecule has 1 aliphatic heterocycles. The smallest absolute Gasteiger partial charge is 0.223 e. The van der Waals surface area contributed by atoms with Gasteiger partial charge >= 0.3 is 0 Å². The Balaban J connectivity index is 1.49. The minimum atomic E-state index is 0.159. The predicted octanol–water partition coefficient (Wildman–Crippen LogP) is 5.19. The lowest BCUT2D eigenvalue weighted by atomic mass is 9.98. The molecule has 0 bridgehead atoms. The Morgan fingerprint density at radius 3 is 2.64 bits per heavy atom. The summed E-state index contributed by atoms with van der Waals surface area (Å²) in [6, 6.07) is 13.8. The summed E-state index contributed by atoms with van der Waals surface area (Å²) < 4.78 is 11.7. The van der Waals surface area contributed by atoms with E-state index in [0.29, 0.717) is 24.5 Å². The van der Waals surface area contributed by atoms with Crippen molar-refractivity contribution in [1.29, 1.82) is 0 Å². The quantitative estimate of drug-likeness (QED) is 0.671. The number of methoxy groups -OCH3 is 1. The molecule has 0 spiro atoms. The normalized spacial score (nSPS) is 20.0. The molecule has 1 atom stereocenters. The molecular formula is C23H26ClNO3. The summed E-state index contributed by atoms with van der Waals surface area (Å²) in [6.07, 6.45) is 5.43. The zero-order valence-corrected chi connectivity index (χ0v) is 17.0. The first-order valence-corrected chi connectivity index (χ1v) is 10.4. The highest BCUT2D eigenvalue weighted by molar-refractivity contribution is 6.31. The lowest BCUT2D eigenvalue weighted by Crippen LogP contribution is -2.24. The Morgan fingerprint density at radius 1 is 1.11 bits per heavy atom. The van der Waals surface area contributed by atoms with Gasteiger partial charge in [0.25, 0.3) is 0 Å². The first-order valence-electron chi connectivity index (χ1n) is 10.00. The average molecular weight is 400 g/mol.